The molecule has 0 N–H and O–H groups in total. The SMILES string of the molecule is CCC[C@H]1CC[C@H](CCc2ccc(-c3ccc(CC)cn3)cc2)CC1. The van der Waals surface area contributed by atoms with Crippen molar-refractivity contribution in [1.82, 2.24) is 4.98 Å². The molecule has 0 unspecified atom stereocenters. The molecular weight excluding hydrogens is 302 g/mol. The number of pyridine rings is 1. The van der Waals surface area contributed by atoms with Gasteiger partial charge in [-0.3, -0.25) is 4.98 Å². The minimum Gasteiger partial charge on any atom is -0.256 e. The van der Waals surface area contributed by atoms with Crippen LogP contribution in [0.2, 0.25) is 0 Å². The van der Waals surface area contributed by atoms with Crippen LogP contribution in [0, 0.1) is 11.8 Å². The van der Waals surface area contributed by atoms with E-state index in [1.54, 1.807) is 0 Å². The molecule has 3 rings (SSSR count). The van der Waals surface area contributed by atoms with E-state index >= 15 is 0 Å². The Morgan fingerprint density at radius 2 is 1.44 bits per heavy atom. The summed E-state index contributed by atoms with van der Waals surface area (Å²) in [6, 6.07) is 13.4. The van der Waals surface area contributed by atoms with E-state index in [9.17, 15) is 0 Å². The van der Waals surface area contributed by atoms with Gasteiger partial charge in [-0.2, -0.15) is 0 Å². The van der Waals surface area contributed by atoms with Gasteiger partial charge in [-0.05, 0) is 48.3 Å². The van der Waals surface area contributed by atoms with Crippen molar-refractivity contribution in [2.45, 2.75) is 71.6 Å². The van der Waals surface area contributed by atoms with Crippen LogP contribution in [0.4, 0.5) is 0 Å². The van der Waals surface area contributed by atoms with Gasteiger partial charge in [-0.1, -0.05) is 82.7 Å². The summed E-state index contributed by atoms with van der Waals surface area (Å²) in [7, 11) is 0. The molecule has 0 spiro atoms. The van der Waals surface area contributed by atoms with Crippen LogP contribution < -0.4 is 0 Å². The molecule has 1 aliphatic rings. The van der Waals surface area contributed by atoms with Crippen molar-refractivity contribution < 1.29 is 0 Å². The van der Waals surface area contributed by atoms with Gasteiger partial charge in [0.05, 0.1) is 5.69 Å². The largest absolute Gasteiger partial charge is 0.256 e. The van der Waals surface area contributed by atoms with E-state index in [-0.39, 0.29) is 0 Å². The molecule has 1 heterocycles. The molecule has 0 bridgehead atoms. The van der Waals surface area contributed by atoms with Gasteiger partial charge in [0.1, 0.15) is 0 Å². The number of rotatable bonds is 7. The molecule has 134 valence electrons. The molecule has 0 amide bonds. The van der Waals surface area contributed by atoms with Gasteiger partial charge in [0.25, 0.3) is 0 Å². The number of aromatic nitrogens is 1. The standard InChI is InChI=1S/C24H33N/c1-3-5-20-6-8-21(9-7-20)10-11-22-12-15-23(16-13-22)24-17-14-19(4-2)18-25-24/h12-18,20-21H,3-11H2,1-2H3/t20-,21-. The lowest BCUT2D eigenvalue weighted by molar-refractivity contribution is 0.252. The maximum Gasteiger partial charge on any atom is 0.0702 e. The van der Waals surface area contributed by atoms with Crippen LogP contribution in [0.5, 0.6) is 0 Å². The number of aryl methyl sites for hydroxylation is 2. The molecule has 0 aliphatic heterocycles. The zero-order chi connectivity index (χ0) is 17.5. The second kappa shape index (κ2) is 9.17. The Morgan fingerprint density at radius 1 is 0.800 bits per heavy atom. The van der Waals surface area contributed by atoms with E-state index in [4.69, 9.17) is 0 Å². The van der Waals surface area contributed by atoms with Crippen LogP contribution in [-0.2, 0) is 12.8 Å². The Morgan fingerprint density at radius 3 is 2.00 bits per heavy atom. The summed E-state index contributed by atoms with van der Waals surface area (Å²) in [6.45, 7) is 4.49. The molecule has 1 aromatic heterocycles. The molecule has 1 fully saturated rings. The molecule has 1 nitrogen and oxygen atoms in total. The van der Waals surface area contributed by atoms with Crippen molar-refractivity contribution in [1.29, 1.82) is 0 Å². The van der Waals surface area contributed by atoms with Crippen molar-refractivity contribution in [2.75, 3.05) is 0 Å². The van der Waals surface area contributed by atoms with Gasteiger partial charge < -0.3 is 0 Å². The second-order valence-corrected chi connectivity index (χ2v) is 7.82. The Bertz CT molecular complexity index is 618. The van der Waals surface area contributed by atoms with Crippen LogP contribution in [0.3, 0.4) is 0 Å². The average Bonchev–Trinajstić information content (AvgIpc) is 2.68. The lowest BCUT2D eigenvalue weighted by Crippen LogP contribution is -2.15. The molecule has 1 heteroatoms. The zero-order valence-corrected chi connectivity index (χ0v) is 16.0. The molecule has 1 saturated carbocycles. The minimum absolute atomic E-state index is 0.955. The van der Waals surface area contributed by atoms with E-state index in [2.05, 4.69) is 55.2 Å². The Hall–Kier alpha value is -1.63. The van der Waals surface area contributed by atoms with Crippen LogP contribution in [0.25, 0.3) is 11.3 Å². The van der Waals surface area contributed by atoms with Crippen LogP contribution in [0.1, 0.15) is 69.9 Å². The van der Waals surface area contributed by atoms with E-state index in [0.717, 1.165) is 24.0 Å². The maximum absolute atomic E-state index is 4.59. The quantitative estimate of drug-likeness (QED) is 0.539. The number of hydrogen-bond acceptors (Lipinski definition) is 1. The highest BCUT2D eigenvalue weighted by Crippen LogP contribution is 2.33. The molecule has 25 heavy (non-hydrogen) atoms. The highest BCUT2D eigenvalue weighted by molar-refractivity contribution is 5.59. The minimum atomic E-state index is 0.955. The van der Waals surface area contributed by atoms with Gasteiger partial charge >= 0.3 is 0 Å². The Kier molecular flexibility index (Phi) is 6.67. The van der Waals surface area contributed by atoms with Crippen molar-refractivity contribution in [2.24, 2.45) is 11.8 Å². The van der Waals surface area contributed by atoms with E-state index in [0.29, 0.717) is 0 Å². The molecule has 1 aromatic carbocycles. The first kappa shape index (κ1) is 18.2. The van der Waals surface area contributed by atoms with E-state index < -0.39 is 0 Å². The number of benzene rings is 1. The van der Waals surface area contributed by atoms with Crippen molar-refractivity contribution >= 4 is 0 Å². The molecular formula is C24H33N. The molecule has 0 saturated heterocycles. The third kappa shape index (κ3) is 5.17. The fourth-order valence-electron chi connectivity index (χ4n) is 4.23. The topological polar surface area (TPSA) is 12.9 Å². The number of hydrogen-bond donors (Lipinski definition) is 0. The normalized spacial score (nSPS) is 20.6. The fraction of sp³-hybridized carbons (Fsp3) is 0.542. The highest BCUT2D eigenvalue weighted by atomic mass is 14.7. The fourth-order valence-corrected chi connectivity index (χ4v) is 4.23. The first-order valence-electron chi connectivity index (χ1n) is 10.3. The third-order valence-electron chi connectivity index (χ3n) is 5.99. The second-order valence-electron chi connectivity index (χ2n) is 7.82. The summed E-state index contributed by atoms with van der Waals surface area (Å²) < 4.78 is 0. The summed E-state index contributed by atoms with van der Waals surface area (Å²) in [5, 5.41) is 0. The van der Waals surface area contributed by atoms with Crippen LogP contribution in [-0.4, -0.2) is 4.98 Å². The maximum atomic E-state index is 4.59. The van der Waals surface area contributed by atoms with E-state index in [1.807, 2.05) is 6.20 Å². The number of nitrogens with zero attached hydrogens (tertiary/aromatic N) is 1. The van der Waals surface area contributed by atoms with Gasteiger partial charge in [0, 0.05) is 11.8 Å². The smallest absolute Gasteiger partial charge is 0.0702 e. The summed E-state index contributed by atoms with van der Waals surface area (Å²) in [5.74, 6) is 1.98. The van der Waals surface area contributed by atoms with Gasteiger partial charge in [0.15, 0.2) is 0 Å². The lowest BCUT2D eigenvalue weighted by Gasteiger charge is -2.28. The first-order valence-corrected chi connectivity index (χ1v) is 10.3. The molecule has 2 aromatic rings. The summed E-state index contributed by atoms with van der Waals surface area (Å²) in [5.41, 5.74) is 5.09. The predicted octanol–water partition coefficient (Wildman–Crippen LogP) is 6.85. The lowest BCUT2D eigenvalue weighted by atomic mass is 9.78. The highest BCUT2D eigenvalue weighted by Gasteiger charge is 2.20. The summed E-state index contributed by atoms with van der Waals surface area (Å²) in [6.07, 6.45) is 14.3. The van der Waals surface area contributed by atoms with Gasteiger partial charge in [-0.25, -0.2) is 0 Å². The zero-order valence-electron chi connectivity index (χ0n) is 16.0. The Labute approximate surface area is 153 Å². The monoisotopic (exact) mass is 335 g/mol. The third-order valence-corrected chi connectivity index (χ3v) is 5.99. The summed E-state index contributed by atoms with van der Waals surface area (Å²) in [4.78, 5) is 4.59. The first-order chi connectivity index (χ1) is 12.3. The average molecular weight is 336 g/mol. The van der Waals surface area contributed by atoms with Crippen molar-refractivity contribution in [3.8, 4) is 11.3 Å². The van der Waals surface area contributed by atoms with Crippen LogP contribution >= 0.6 is 0 Å². The molecule has 0 atom stereocenters. The van der Waals surface area contributed by atoms with E-state index in [1.165, 1.54) is 68.1 Å². The predicted molar refractivity (Wildman–Crippen MR) is 108 cm³/mol. The molecule has 1 aliphatic carbocycles. The molecule has 0 radical (unpaired) electrons. The van der Waals surface area contributed by atoms with Gasteiger partial charge in [-0.15, -0.1) is 0 Å². The van der Waals surface area contributed by atoms with Crippen molar-refractivity contribution in [3.05, 3.63) is 53.7 Å². The van der Waals surface area contributed by atoms with Crippen molar-refractivity contribution in [3.63, 3.8) is 0 Å². The Balaban J connectivity index is 1.49. The van der Waals surface area contributed by atoms with Gasteiger partial charge in [0.2, 0.25) is 0 Å². The van der Waals surface area contributed by atoms with Crippen LogP contribution in [0.15, 0.2) is 42.6 Å². The summed E-state index contributed by atoms with van der Waals surface area (Å²) >= 11 is 0.